The molecule has 0 atom stereocenters. The number of ether oxygens (including phenoxy) is 2. The predicted molar refractivity (Wildman–Crippen MR) is 82.3 cm³/mol. The van der Waals surface area contributed by atoms with Gasteiger partial charge in [0.25, 0.3) is 0 Å². The van der Waals surface area contributed by atoms with E-state index in [2.05, 4.69) is 4.98 Å². The van der Waals surface area contributed by atoms with E-state index in [1.165, 1.54) is 20.3 Å². The molecule has 0 unspecified atom stereocenters. The molecule has 0 aliphatic rings. The zero-order valence-electron chi connectivity index (χ0n) is 12.9. The zero-order chi connectivity index (χ0) is 17.7. The number of nitrogens with zero attached hydrogens (tertiary/aromatic N) is 2. The SMILES string of the molecule is COc1cc(C=C(C#N)c2ccc(C(F)(F)F)cn2)cc(OC)c1. The molecule has 0 aliphatic carbocycles. The Morgan fingerprint density at radius 3 is 2.17 bits per heavy atom. The van der Waals surface area contributed by atoms with Crippen molar-refractivity contribution in [2.24, 2.45) is 0 Å². The van der Waals surface area contributed by atoms with E-state index in [0.717, 1.165) is 12.1 Å². The van der Waals surface area contributed by atoms with Gasteiger partial charge in [-0.2, -0.15) is 18.4 Å². The van der Waals surface area contributed by atoms with Gasteiger partial charge in [0, 0.05) is 12.3 Å². The Labute approximate surface area is 136 Å². The second-order valence-corrected chi connectivity index (χ2v) is 4.75. The van der Waals surface area contributed by atoms with E-state index in [1.54, 1.807) is 18.2 Å². The largest absolute Gasteiger partial charge is 0.497 e. The smallest absolute Gasteiger partial charge is 0.417 e. The molecule has 0 N–H and O–H groups in total. The standard InChI is InChI=1S/C17H13F3N2O2/c1-23-14-6-11(7-15(8-14)24-2)5-12(9-21)16-4-3-13(10-22-16)17(18,19)20/h3-8,10H,1-2H3. The molecular formula is C17H13F3N2O2. The van der Waals surface area contributed by atoms with Gasteiger partial charge in [0.2, 0.25) is 0 Å². The van der Waals surface area contributed by atoms with Gasteiger partial charge in [-0.05, 0) is 35.9 Å². The van der Waals surface area contributed by atoms with Crippen molar-refractivity contribution in [2.45, 2.75) is 6.18 Å². The van der Waals surface area contributed by atoms with Crippen molar-refractivity contribution in [3.05, 3.63) is 53.3 Å². The van der Waals surface area contributed by atoms with E-state index in [0.29, 0.717) is 23.3 Å². The minimum atomic E-state index is -4.47. The Morgan fingerprint density at radius 2 is 1.75 bits per heavy atom. The first-order valence-electron chi connectivity index (χ1n) is 6.76. The molecule has 1 heterocycles. The maximum absolute atomic E-state index is 12.6. The fourth-order valence-corrected chi connectivity index (χ4v) is 1.96. The van der Waals surface area contributed by atoms with E-state index >= 15 is 0 Å². The van der Waals surface area contributed by atoms with Gasteiger partial charge in [0.15, 0.2) is 0 Å². The van der Waals surface area contributed by atoms with Crippen LogP contribution in [-0.4, -0.2) is 19.2 Å². The molecule has 24 heavy (non-hydrogen) atoms. The van der Waals surface area contributed by atoms with E-state index in [1.807, 2.05) is 6.07 Å². The van der Waals surface area contributed by atoms with Crippen LogP contribution < -0.4 is 9.47 Å². The fourth-order valence-electron chi connectivity index (χ4n) is 1.96. The molecule has 0 fully saturated rings. The molecular weight excluding hydrogens is 321 g/mol. The minimum absolute atomic E-state index is 0.124. The topological polar surface area (TPSA) is 55.1 Å². The van der Waals surface area contributed by atoms with Crippen LogP contribution in [0.25, 0.3) is 11.6 Å². The van der Waals surface area contributed by atoms with Crippen LogP contribution in [0.15, 0.2) is 36.5 Å². The average molecular weight is 334 g/mol. The van der Waals surface area contributed by atoms with Crippen molar-refractivity contribution in [2.75, 3.05) is 14.2 Å². The highest BCUT2D eigenvalue weighted by Gasteiger charge is 2.30. The number of allylic oxidation sites excluding steroid dienone is 1. The summed E-state index contributed by atoms with van der Waals surface area (Å²) in [5, 5.41) is 9.28. The van der Waals surface area contributed by atoms with Gasteiger partial charge in [-0.25, -0.2) is 0 Å². The lowest BCUT2D eigenvalue weighted by Gasteiger charge is -2.08. The quantitative estimate of drug-likeness (QED) is 0.787. The Bertz CT molecular complexity index is 769. The van der Waals surface area contributed by atoms with E-state index < -0.39 is 11.7 Å². The number of methoxy groups -OCH3 is 2. The fraction of sp³-hybridized carbons (Fsp3) is 0.176. The summed E-state index contributed by atoms with van der Waals surface area (Å²) in [4.78, 5) is 3.72. The number of hydrogen-bond donors (Lipinski definition) is 0. The molecule has 0 amide bonds. The van der Waals surface area contributed by atoms with Crippen molar-refractivity contribution in [1.82, 2.24) is 4.98 Å². The van der Waals surface area contributed by atoms with Gasteiger partial charge >= 0.3 is 6.18 Å². The van der Waals surface area contributed by atoms with Crippen LogP contribution in [0.2, 0.25) is 0 Å². The Kier molecular flexibility index (Phi) is 5.09. The highest BCUT2D eigenvalue weighted by atomic mass is 19.4. The molecule has 0 aliphatic heterocycles. The number of nitriles is 1. The lowest BCUT2D eigenvalue weighted by molar-refractivity contribution is -0.137. The number of pyridine rings is 1. The van der Waals surface area contributed by atoms with Crippen LogP contribution in [0, 0.1) is 11.3 Å². The van der Waals surface area contributed by atoms with E-state index in [4.69, 9.17) is 9.47 Å². The molecule has 2 aromatic rings. The summed E-state index contributed by atoms with van der Waals surface area (Å²) in [5.74, 6) is 1.05. The van der Waals surface area contributed by atoms with Gasteiger partial charge in [-0.1, -0.05) is 0 Å². The van der Waals surface area contributed by atoms with Gasteiger partial charge in [-0.15, -0.1) is 0 Å². The third-order valence-electron chi connectivity index (χ3n) is 3.17. The Hall–Kier alpha value is -3.01. The van der Waals surface area contributed by atoms with Crippen LogP contribution in [0.5, 0.6) is 11.5 Å². The number of hydrogen-bond acceptors (Lipinski definition) is 4. The third kappa shape index (κ3) is 4.04. The van der Waals surface area contributed by atoms with Gasteiger partial charge in [-0.3, -0.25) is 4.98 Å². The Morgan fingerprint density at radius 1 is 1.12 bits per heavy atom. The van der Waals surface area contributed by atoms with Crippen LogP contribution in [0.4, 0.5) is 13.2 Å². The molecule has 1 aromatic carbocycles. The number of benzene rings is 1. The van der Waals surface area contributed by atoms with Crippen molar-refractivity contribution in [3.63, 3.8) is 0 Å². The molecule has 1 aromatic heterocycles. The maximum atomic E-state index is 12.6. The molecule has 0 saturated carbocycles. The molecule has 4 nitrogen and oxygen atoms in total. The molecule has 7 heteroatoms. The molecule has 0 radical (unpaired) electrons. The number of aromatic nitrogens is 1. The summed E-state index contributed by atoms with van der Waals surface area (Å²) < 4.78 is 48.0. The van der Waals surface area contributed by atoms with Crippen molar-refractivity contribution >= 4 is 11.6 Å². The second-order valence-electron chi connectivity index (χ2n) is 4.75. The van der Waals surface area contributed by atoms with Crippen LogP contribution in [0.3, 0.4) is 0 Å². The summed E-state index contributed by atoms with van der Waals surface area (Å²) >= 11 is 0. The lowest BCUT2D eigenvalue weighted by Crippen LogP contribution is -2.05. The highest BCUT2D eigenvalue weighted by molar-refractivity contribution is 5.88. The van der Waals surface area contributed by atoms with Crippen LogP contribution in [0.1, 0.15) is 16.8 Å². The van der Waals surface area contributed by atoms with E-state index in [-0.39, 0.29) is 11.3 Å². The summed E-state index contributed by atoms with van der Waals surface area (Å²) in [6, 6.07) is 8.99. The average Bonchev–Trinajstić information content (AvgIpc) is 2.58. The number of alkyl halides is 3. The number of halogens is 3. The van der Waals surface area contributed by atoms with Crippen molar-refractivity contribution < 1.29 is 22.6 Å². The zero-order valence-corrected chi connectivity index (χ0v) is 12.9. The first-order chi connectivity index (χ1) is 11.4. The molecule has 124 valence electrons. The minimum Gasteiger partial charge on any atom is -0.497 e. The Balaban J connectivity index is 2.41. The predicted octanol–water partition coefficient (Wildman–Crippen LogP) is 4.18. The van der Waals surface area contributed by atoms with Gasteiger partial charge < -0.3 is 9.47 Å². The summed E-state index contributed by atoms with van der Waals surface area (Å²) in [6.07, 6.45) is -2.27. The first-order valence-corrected chi connectivity index (χ1v) is 6.76. The van der Waals surface area contributed by atoms with Crippen LogP contribution >= 0.6 is 0 Å². The lowest BCUT2D eigenvalue weighted by atomic mass is 10.1. The van der Waals surface area contributed by atoms with Gasteiger partial charge in [0.1, 0.15) is 17.6 Å². The van der Waals surface area contributed by atoms with Crippen LogP contribution in [-0.2, 0) is 6.18 Å². The first kappa shape index (κ1) is 17.3. The number of rotatable bonds is 4. The molecule has 0 bridgehead atoms. The maximum Gasteiger partial charge on any atom is 0.417 e. The summed E-state index contributed by atoms with van der Waals surface area (Å²) in [5.41, 5.74) is 0.00218. The second kappa shape index (κ2) is 7.04. The van der Waals surface area contributed by atoms with Crippen molar-refractivity contribution in [1.29, 1.82) is 5.26 Å². The highest BCUT2D eigenvalue weighted by Crippen LogP contribution is 2.30. The molecule has 2 rings (SSSR count). The summed E-state index contributed by atoms with van der Waals surface area (Å²) in [6.45, 7) is 0. The monoisotopic (exact) mass is 334 g/mol. The molecule has 0 spiro atoms. The van der Waals surface area contributed by atoms with E-state index in [9.17, 15) is 18.4 Å². The van der Waals surface area contributed by atoms with Crippen molar-refractivity contribution in [3.8, 4) is 17.6 Å². The third-order valence-corrected chi connectivity index (χ3v) is 3.17. The molecule has 0 saturated heterocycles. The van der Waals surface area contributed by atoms with Gasteiger partial charge in [0.05, 0.1) is 31.1 Å². The normalized spacial score (nSPS) is 11.8. The summed E-state index contributed by atoms with van der Waals surface area (Å²) in [7, 11) is 2.98.